The van der Waals surface area contributed by atoms with E-state index in [1.807, 2.05) is 6.92 Å². The van der Waals surface area contributed by atoms with Gasteiger partial charge in [-0.3, -0.25) is 15.1 Å². The molecule has 0 bridgehead atoms. The maximum absolute atomic E-state index is 11.0. The van der Waals surface area contributed by atoms with Gasteiger partial charge in [0, 0.05) is 24.4 Å². The summed E-state index contributed by atoms with van der Waals surface area (Å²) < 4.78 is 0. The summed E-state index contributed by atoms with van der Waals surface area (Å²) in [5.41, 5.74) is 0.938. The van der Waals surface area contributed by atoms with E-state index in [9.17, 15) is 15.2 Å². The number of fused-ring (bicyclic) bond motifs is 1. The van der Waals surface area contributed by atoms with E-state index >= 15 is 0 Å². The second kappa shape index (κ2) is 4.70. The molecule has 1 N–H and O–H groups in total. The zero-order chi connectivity index (χ0) is 13.3. The lowest BCUT2D eigenvalue weighted by atomic mass is 9.91. The van der Waals surface area contributed by atoms with Crippen LogP contribution in [0, 0.1) is 10.1 Å². The maximum Gasteiger partial charge on any atom is 0.278 e. The lowest BCUT2D eigenvalue weighted by molar-refractivity contribution is -0.383. The Kier molecular flexibility index (Phi) is 3.25. The van der Waals surface area contributed by atoms with Crippen LogP contribution in [0.3, 0.4) is 0 Å². The van der Waals surface area contributed by atoms with Crippen molar-refractivity contribution in [2.24, 2.45) is 0 Å². The van der Waals surface area contributed by atoms with Crippen LogP contribution in [0.4, 0.5) is 5.69 Å². The van der Waals surface area contributed by atoms with Crippen molar-refractivity contribution in [3.05, 3.63) is 46.3 Å². The fraction of sp³-hybridized carbons (Fsp3) is 0.308. The Labute approximate surface area is 104 Å². The van der Waals surface area contributed by atoms with Gasteiger partial charge in [-0.25, -0.2) is 0 Å². The highest BCUT2D eigenvalue weighted by atomic mass is 16.6. The average Bonchev–Trinajstić information content (AvgIpc) is 2.36. The molecule has 5 heteroatoms. The molecule has 1 aromatic heterocycles. The van der Waals surface area contributed by atoms with Crippen molar-refractivity contribution in [2.45, 2.75) is 25.9 Å². The molecule has 94 valence electrons. The van der Waals surface area contributed by atoms with Crippen LogP contribution in [0.15, 0.2) is 30.6 Å². The second-order valence-electron chi connectivity index (χ2n) is 4.38. The van der Waals surface area contributed by atoms with Crippen LogP contribution in [0.5, 0.6) is 0 Å². The molecule has 5 nitrogen and oxygen atoms in total. The number of aliphatic hydroxyl groups is 1. The first-order chi connectivity index (χ1) is 8.52. The van der Waals surface area contributed by atoms with Gasteiger partial charge in [0.05, 0.1) is 16.4 Å². The van der Waals surface area contributed by atoms with Crippen LogP contribution in [-0.4, -0.2) is 21.1 Å². The highest BCUT2D eigenvalue weighted by Crippen LogP contribution is 2.32. The predicted molar refractivity (Wildman–Crippen MR) is 68.5 cm³/mol. The van der Waals surface area contributed by atoms with E-state index in [1.54, 1.807) is 25.3 Å². The van der Waals surface area contributed by atoms with E-state index in [2.05, 4.69) is 4.98 Å². The number of pyridine rings is 1. The van der Waals surface area contributed by atoms with Crippen LogP contribution in [0.25, 0.3) is 10.8 Å². The number of benzene rings is 1. The van der Waals surface area contributed by atoms with E-state index in [1.165, 1.54) is 12.3 Å². The Morgan fingerprint density at radius 3 is 2.61 bits per heavy atom. The molecule has 0 aliphatic rings. The summed E-state index contributed by atoms with van der Waals surface area (Å²) in [6.45, 7) is 3.60. The third kappa shape index (κ3) is 2.04. The molecule has 2 rings (SSSR count). The van der Waals surface area contributed by atoms with Crippen molar-refractivity contribution >= 4 is 16.5 Å². The Morgan fingerprint density at radius 2 is 2.00 bits per heavy atom. The number of aromatic nitrogens is 1. The Balaban J connectivity index is 2.72. The minimum absolute atomic E-state index is 0.0413. The normalized spacial score (nSPS) is 14.4. The number of rotatable bonds is 3. The predicted octanol–water partition coefficient (Wildman–Crippen LogP) is 2.63. The Bertz CT molecular complexity index is 596. The summed E-state index contributed by atoms with van der Waals surface area (Å²) in [7, 11) is 0. The molecule has 0 fully saturated rings. The van der Waals surface area contributed by atoms with Gasteiger partial charge in [0.1, 0.15) is 0 Å². The number of aliphatic hydroxyl groups excluding tert-OH is 1. The zero-order valence-corrected chi connectivity index (χ0v) is 10.2. The Hall–Kier alpha value is -2.01. The molecule has 2 unspecified atom stereocenters. The summed E-state index contributed by atoms with van der Waals surface area (Å²) in [4.78, 5) is 14.5. The topological polar surface area (TPSA) is 76.3 Å². The second-order valence-corrected chi connectivity index (χ2v) is 4.38. The molecular weight excluding hydrogens is 232 g/mol. The van der Waals surface area contributed by atoms with Gasteiger partial charge in [-0.05, 0) is 23.9 Å². The molecule has 0 aliphatic heterocycles. The van der Waals surface area contributed by atoms with Crippen LogP contribution in [0.1, 0.15) is 25.3 Å². The molecular formula is C13H14N2O3. The van der Waals surface area contributed by atoms with Crippen molar-refractivity contribution in [3.8, 4) is 0 Å². The minimum atomic E-state index is -0.511. The first-order valence-electron chi connectivity index (χ1n) is 5.71. The van der Waals surface area contributed by atoms with E-state index < -0.39 is 11.0 Å². The lowest BCUT2D eigenvalue weighted by Crippen LogP contribution is -2.11. The van der Waals surface area contributed by atoms with Gasteiger partial charge in [0.2, 0.25) is 0 Å². The van der Waals surface area contributed by atoms with Crippen LogP contribution < -0.4 is 0 Å². The number of hydrogen-bond acceptors (Lipinski definition) is 4. The van der Waals surface area contributed by atoms with Crippen molar-refractivity contribution in [3.63, 3.8) is 0 Å². The van der Waals surface area contributed by atoms with Gasteiger partial charge in [-0.15, -0.1) is 0 Å². The molecule has 2 aromatic rings. The maximum atomic E-state index is 11.0. The van der Waals surface area contributed by atoms with Crippen LogP contribution in [0.2, 0.25) is 0 Å². The lowest BCUT2D eigenvalue weighted by Gasteiger charge is -2.17. The fourth-order valence-corrected chi connectivity index (χ4v) is 2.01. The van der Waals surface area contributed by atoms with Gasteiger partial charge in [-0.2, -0.15) is 0 Å². The van der Waals surface area contributed by atoms with Crippen molar-refractivity contribution in [2.75, 3.05) is 0 Å². The minimum Gasteiger partial charge on any atom is -0.393 e. The molecule has 1 heterocycles. The quantitative estimate of drug-likeness (QED) is 0.667. The number of non-ortho nitro benzene ring substituents is 1. The highest BCUT2D eigenvalue weighted by Gasteiger charge is 2.19. The highest BCUT2D eigenvalue weighted by molar-refractivity contribution is 5.92. The summed E-state index contributed by atoms with van der Waals surface area (Å²) in [6, 6.07) is 4.92. The van der Waals surface area contributed by atoms with Crippen molar-refractivity contribution < 1.29 is 10.0 Å². The van der Waals surface area contributed by atoms with E-state index in [0.717, 1.165) is 10.9 Å². The number of nitro benzene ring substituents is 1. The average molecular weight is 246 g/mol. The van der Waals surface area contributed by atoms with Crippen molar-refractivity contribution in [1.82, 2.24) is 4.98 Å². The standard InChI is InChI=1S/C13H14N2O3/c1-8(9(2)16)10-3-4-13(15(17)18)12-7-14-6-5-11(10)12/h3-9,16H,1-2H3. The number of hydrogen-bond donors (Lipinski definition) is 1. The fourth-order valence-electron chi connectivity index (χ4n) is 2.01. The SMILES string of the molecule is CC(O)C(C)c1ccc([N+](=O)[O-])c2cnccc12. The van der Waals surface area contributed by atoms with Crippen LogP contribution >= 0.6 is 0 Å². The Morgan fingerprint density at radius 1 is 1.28 bits per heavy atom. The molecule has 0 saturated carbocycles. The summed E-state index contributed by atoms with van der Waals surface area (Å²) >= 11 is 0. The van der Waals surface area contributed by atoms with Gasteiger partial charge in [0.25, 0.3) is 5.69 Å². The first kappa shape index (κ1) is 12.4. The largest absolute Gasteiger partial charge is 0.393 e. The van der Waals surface area contributed by atoms with E-state index in [4.69, 9.17) is 0 Å². The summed E-state index contributed by atoms with van der Waals surface area (Å²) in [6.07, 6.45) is 2.58. The molecule has 0 amide bonds. The zero-order valence-electron chi connectivity index (χ0n) is 10.2. The molecule has 0 spiro atoms. The summed E-state index contributed by atoms with van der Waals surface area (Å²) in [5, 5.41) is 21.9. The molecule has 18 heavy (non-hydrogen) atoms. The molecule has 0 saturated heterocycles. The number of nitrogens with zero attached hydrogens (tertiary/aromatic N) is 2. The smallest absolute Gasteiger partial charge is 0.278 e. The van der Waals surface area contributed by atoms with Gasteiger partial charge >= 0.3 is 0 Å². The van der Waals surface area contributed by atoms with Gasteiger partial charge in [-0.1, -0.05) is 13.0 Å². The molecule has 1 aromatic carbocycles. The van der Waals surface area contributed by atoms with Gasteiger partial charge < -0.3 is 5.11 Å². The molecule has 0 aliphatic carbocycles. The third-order valence-corrected chi connectivity index (χ3v) is 3.24. The summed E-state index contributed by atoms with van der Waals surface area (Å²) in [5.74, 6) is -0.0873. The van der Waals surface area contributed by atoms with E-state index in [0.29, 0.717) is 5.39 Å². The van der Waals surface area contributed by atoms with Crippen LogP contribution in [-0.2, 0) is 0 Å². The van der Waals surface area contributed by atoms with Crippen molar-refractivity contribution in [1.29, 1.82) is 0 Å². The van der Waals surface area contributed by atoms with Gasteiger partial charge in [0.15, 0.2) is 0 Å². The molecule has 2 atom stereocenters. The first-order valence-corrected chi connectivity index (χ1v) is 5.71. The van der Waals surface area contributed by atoms with E-state index in [-0.39, 0.29) is 11.6 Å². The molecule has 0 radical (unpaired) electrons. The number of nitro groups is 1. The monoisotopic (exact) mass is 246 g/mol. The third-order valence-electron chi connectivity index (χ3n) is 3.24.